The molecule has 1 aromatic heterocycles. The van der Waals surface area contributed by atoms with E-state index in [0.29, 0.717) is 5.69 Å². The Labute approximate surface area is 108 Å². The molecule has 2 aromatic carbocycles. The number of benzene rings is 2. The molecule has 3 rings (SSSR count). The number of aromatic nitrogens is 1. The maximum absolute atomic E-state index is 13.0. The molecule has 0 aliphatic carbocycles. The van der Waals surface area contributed by atoms with Crippen LogP contribution in [0.1, 0.15) is 5.56 Å². The Morgan fingerprint density at radius 3 is 2.78 bits per heavy atom. The molecule has 90 valence electrons. The van der Waals surface area contributed by atoms with Crippen LogP contribution in [0.2, 0.25) is 0 Å². The maximum atomic E-state index is 13.0. The van der Waals surface area contributed by atoms with E-state index in [0.717, 1.165) is 20.8 Å². The molecule has 18 heavy (non-hydrogen) atoms. The van der Waals surface area contributed by atoms with Gasteiger partial charge in [-0.25, -0.2) is 9.37 Å². The number of aryl methyl sites for hydroxylation is 1. The predicted molar refractivity (Wildman–Crippen MR) is 74.2 cm³/mol. The summed E-state index contributed by atoms with van der Waals surface area (Å²) in [4.78, 5) is 4.55. The van der Waals surface area contributed by atoms with Gasteiger partial charge in [0, 0.05) is 11.3 Å². The minimum absolute atomic E-state index is 0.326. The molecule has 0 aliphatic rings. The number of thiazole rings is 1. The molecule has 0 radical (unpaired) electrons. The summed E-state index contributed by atoms with van der Waals surface area (Å²) >= 11 is 1.57. The van der Waals surface area contributed by atoms with Crippen molar-refractivity contribution in [3.8, 4) is 10.6 Å². The van der Waals surface area contributed by atoms with Crippen molar-refractivity contribution in [1.29, 1.82) is 0 Å². The van der Waals surface area contributed by atoms with E-state index in [1.165, 1.54) is 17.7 Å². The van der Waals surface area contributed by atoms with E-state index in [2.05, 4.69) is 11.1 Å². The third-order valence-corrected chi connectivity index (χ3v) is 3.86. The van der Waals surface area contributed by atoms with E-state index < -0.39 is 0 Å². The van der Waals surface area contributed by atoms with Gasteiger partial charge in [0.05, 0.1) is 10.2 Å². The number of nitrogens with two attached hydrogens (primary N) is 1. The van der Waals surface area contributed by atoms with Crippen LogP contribution in [0.3, 0.4) is 0 Å². The van der Waals surface area contributed by atoms with Crippen LogP contribution in [0.4, 0.5) is 10.1 Å². The molecule has 0 atom stereocenters. The first-order valence-electron chi connectivity index (χ1n) is 5.56. The molecule has 0 amide bonds. The fraction of sp³-hybridized carbons (Fsp3) is 0.0714. The lowest BCUT2D eigenvalue weighted by atomic mass is 10.2. The minimum atomic E-state index is -0.326. The smallest absolute Gasteiger partial charge is 0.126 e. The lowest BCUT2D eigenvalue weighted by molar-refractivity contribution is 0.628. The first-order valence-corrected chi connectivity index (χ1v) is 6.38. The number of rotatable bonds is 1. The highest BCUT2D eigenvalue weighted by molar-refractivity contribution is 7.21. The average molecular weight is 258 g/mol. The number of nitrogen functional groups attached to an aromatic ring is 1. The molecule has 0 spiro atoms. The SMILES string of the molecule is Cc1ccc2sc(-c3ccc(F)cc3N)nc2c1. The molecule has 0 saturated carbocycles. The van der Waals surface area contributed by atoms with Crippen LogP contribution in [0, 0.1) is 12.7 Å². The highest BCUT2D eigenvalue weighted by atomic mass is 32.1. The van der Waals surface area contributed by atoms with Crippen molar-refractivity contribution in [3.05, 3.63) is 47.8 Å². The zero-order chi connectivity index (χ0) is 12.7. The van der Waals surface area contributed by atoms with Crippen molar-refractivity contribution in [2.75, 3.05) is 5.73 Å². The first kappa shape index (κ1) is 11.2. The normalized spacial score (nSPS) is 11.0. The second-order valence-electron chi connectivity index (χ2n) is 4.22. The molecular formula is C14H11FN2S. The Bertz CT molecular complexity index is 734. The molecular weight excluding hydrogens is 247 g/mol. The van der Waals surface area contributed by atoms with Gasteiger partial charge in [-0.1, -0.05) is 6.07 Å². The monoisotopic (exact) mass is 258 g/mol. The van der Waals surface area contributed by atoms with Crippen molar-refractivity contribution in [3.63, 3.8) is 0 Å². The van der Waals surface area contributed by atoms with Crippen molar-refractivity contribution in [2.45, 2.75) is 6.92 Å². The number of fused-ring (bicyclic) bond motifs is 1. The number of nitrogens with zero attached hydrogens (tertiary/aromatic N) is 1. The Morgan fingerprint density at radius 1 is 1.17 bits per heavy atom. The summed E-state index contributed by atoms with van der Waals surface area (Å²) in [6.07, 6.45) is 0. The second kappa shape index (κ2) is 4.07. The van der Waals surface area contributed by atoms with Crippen molar-refractivity contribution in [2.24, 2.45) is 0 Å². The highest BCUT2D eigenvalue weighted by Crippen LogP contribution is 2.33. The molecule has 1 heterocycles. The topological polar surface area (TPSA) is 38.9 Å². The first-order chi connectivity index (χ1) is 8.63. The van der Waals surface area contributed by atoms with Gasteiger partial charge in [-0.15, -0.1) is 11.3 Å². The molecule has 0 fully saturated rings. The Hall–Kier alpha value is -1.94. The van der Waals surface area contributed by atoms with Crippen LogP contribution in [0.5, 0.6) is 0 Å². The number of hydrogen-bond acceptors (Lipinski definition) is 3. The van der Waals surface area contributed by atoms with Gasteiger partial charge in [-0.3, -0.25) is 0 Å². The molecule has 0 saturated heterocycles. The minimum Gasteiger partial charge on any atom is -0.398 e. The van der Waals surface area contributed by atoms with Gasteiger partial charge in [0.2, 0.25) is 0 Å². The van der Waals surface area contributed by atoms with E-state index in [9.17, 15) is 4.39 Å². The molecule has 4 heteroatoms. The van der Waals surface area contributed by atoms with Crippen LogP contribution in [-0.4, -0.2) is 4.98 Å². The van der Waals surface area contributed by atoms with Gasteiger partial charge in [0.1, 0.15) is 10.8 Å². The predicted octanol–water partition coefficient (Wildman–Crippen LogP) is 3.99. The summed E-state index contributed by atoms with van der Waals surface area (Å²) in [5.74, 6) is -0.326. The Morgan fingerprint density at radius 2 is 2.00 bits per heavy atom. The van der Waals surface area contributed by atoms with E-state index in [-0.39, 0.29) is 5.82 Å². The number of hydrogen-bond donors (Lipinski definition) is 1. The molecule has 0 unspecified atom stereocenters. The Kier molecular flexibility index (Phi) is 2.52. The highest BCUT2D eigenvalue weighted by Gasteiger charge is 2.09. The van der Waals surface area contributed by atoms with Gasteiger partial charge < -0.3 is 5.73 Å². The van der Waals surface area contributed by atoms with Crippen LogP contribution >= 0.6 is 11.3 Å². The zero-order valence-corrected chi connectivity index (χ0v) is 10.6. The van der Waals surface area contributed by atoms with Gasteiger partial charge in [0.25, 0.3) is 0 Å². The average Bonchev–Trinajstić information content (AvgIpc) is 2.71. The second-order valence-corrected chi connectivity index (χ2v) is 5.25. The zero-order valence-electron chi connectivity index (χ0n) is 9.77. The molecule has 3 aromatic rings. The van der Waals surface area contributed by atoms with Crippen LogP contribution in [0.15, 0.2) is 36.4 Å². The van der Waals surface area contributed by atoms with E-state index in [1.807, 2.05) is 19.1 Å². The summed E-state index contributed by atoms with van der Waals surface area (Å²) in [6.45, 7) is 2.03. The number of halogens is 1. The third kappa shape index (κ3) is 1.84. The summed E-state index contributed by atoms with van der Waals surface area (Å²) < 4.78 is 14.1. The van der Waals surface area contributed by atoms with E-state index in [1.54, 1.807) is 17.4 Å². The van der Waals surface area contributed by atoms with Gasteiger partial charge in [-0.2, -0.15) is 0 Å². The summed E-state index contributed by atoms with van der Waals surface area (Å²) in [5, 5.41) is 0.827. The molecule has 0 bridgehead atoms. The van der Waals surface area contributed by atoms with Gasteiger partial charge >= 0.3 is 0 Å². The standard InChI is InChI=1S/C14H11FN2S/c1-8-2-5-13-12(6-8)17-14(18-13)10-4-3-9(15)7-11(10)16/h2-7H,16H2,1H3. The largest absolute Gasteiger partial charge is 0.398 e. The Balaban J connectivity index is 2.19. The van der Waals surface area contributed by atoms with E-state index >= 15 is 0 Å². The van der Waals surface area contributed by atoms with E-state index in [4.69, 9.17) is 5.73 Å². The van der Waals surface area contributed by atoms with Crippen LogP contribution < -0.4 is 5.73 Å². The maximum Gasteiger partial charge on any atom is 0.126 e. The summed E-state index contributed by atoms with van der Waals surface area (Å²) in [5.41, 5.74) is 9.17. The third-order valence-electron chi connectivity index (χ3n) is 2.79. The quantitative estimate of drug-likeness (QED) is 0.670. The van der Waals surface area contributed by atoms with Gasteiger partial charge in [0.15, 0.2) is 0 Å². The van der Waals surface area contributed by atoms with Crippen LogP contribution in [0.25, 0.3) is 20.8 Å². The summed E-state index contributed by atoms with van der Waals surface area (Å²) in [6, 6.07) is 10.5. The molecule has 2 N–H and O–H groups in total. The lowest BCUT2D eigenvalue weighted by Crippen LogP contribution is -1.90. The molecule has 2 nitrogen and oxygen atoms in total. The van der Waals surface area contributed by atoms with Crippen molar-refractivity contribution >= 4 is 27.2 Å². The van der Waals surface area contributed by atoms with Crippen LogP contribution in [-0.2, 0) is 0 Å². The summed E-state index contributed by atoms with van der Waals surface area (Å²) in [7, 11) is 0. The van der Waals surface area contributed by atoms with Gasteiger partial charge in [-0.05, 0) is 42.8 Å². The van der Waals surface area contributed by atoms with Crippen molar-refractivity contribution in [1.82, 2.24) is 4.98 Å². The fourth-order valence-electron chi connectivity index (χ4n) is 1.88. The van der Waals surface area contributed by atoms with Crippen molar-refractivity contribution < 1.29 is 4.39 Å². The fourth-order valence-corrected chi connectivity index (χ4v) is 2.87. The molecule has 0 aliphatic heterocycles. The number of anilines is 1. The lowest BCUT2D eigenvalue weighted by Gasteiger charge is -2.00.